The summed E-state index contributed by atoms with van der Waals surface area (Å²) in [5.41, 5.74) is 0.502. The molecule has 4 heteroatoms. The molecule has 0 fully saturated rings. The SMILES string of the molecule is O=CCN(C(=O)O)c1ccccc1. The fourth-order valence-corrected chi connectivity index (χ4v) is 0.976. The second kappa shape index (κ2) is 4.25. The van der Waals surface area contributed by atoms with Gasteiger partial charge in [0.2, 0.25) is 0 Å². The molecule has 4 nitrogen and oxygen atoms in total. The van der Waals surface area contributed by atoms with Crippen LogP contribution in [0.3, 0.4) is 0 Å². The molecule has 0 spiro atoms. The number of carbonyl (C=O) groups excluding carboxylic acids is 1. The van der Waals surface area contributed by atoms with Crippen LogP contribution in [-0.2, 0) is 4.79 Å². The highest BCUT2D eigenvalue weighted by molar-refractivity contribution is 5.89. The second-order valence-electron chi connectivity index (χ2n) is 2.40. The molecule has 1 aromatic carbocycles. The van der Waals surface area contributed by atoms with Crippen LogP contribution in [0, 0.1) is 0 Å². The van der Waals surface area contributed by atoms with Crippen LogP contribution in [0.2, 0.25) is 0 Å². The van der Waals surface area contributed by atoms with Gasteiger partial charge in [0, 0.05) is 5.69 Å². The maximum absolute atomic E-state index is 10.7. The number of aldehydes is 1. The molecule has 0 aliphatic rings. The summed E-state index contributed by atoms with van der Waals surface area (Å²) in [6, 6.07) is 8.49. The summed E-state index contributed by atoms with van der Waals surface area (Å²) in [7, 11) is 0. The van der Waals surface area contributed by atoms with Crippen molar-refractivity contribution >= 4 is 18.1 Å². The molecular formula is C9H9NO3. The molecule has 0 radical (unpaired) electrons. The molecular weight excluding hydrogens is 170 g/mol. The van der Waals surface area contributed by atoms with Crippen LogP contribution in [0.25, 0.3) is 0 Å². The van der Waals surface area contributed by atoms with Gasteiger partial charge in [-0.1, -0.05) is 18.2 Å². The molecule has 68 valence electrons. The van der Waals surface area contributed by atoms with E-state index in [0.717, 1.165) is 4.90 Å². The van der Waals surface area contributed by atoms with Crippen LogP contribution in [0.5, 0.6) is 0 Å². The highest BCUT2D eigenvalue weighted by Gasteiger charge is 2.11. The monoisotopic (exact) mass is 179 g/mol. The first-order chi connectivity index (χ1) is 6.25. The topological polar surface area (TPSA) is 57.6 Å². The van der Waals surface area contributed by atoms with E-state index in [-0.39, 0.29) is 6.54 Å². The largest absolute Gasteiger partial charge is 0.465 e. The number of carbonyl (C=O) groups is 2. The van der Waals surface area contributed by atoms with Crippen molar-refractivity contribution in [1.29, 1.82) is 0 Å². The van der Waals surface area contributed by atoms with E-state index in [1.165, 1.54) is 0 Å². The summed E-state index contributed by atoms with van der Waals surface area (Å²) >= 11 is 0. The predicted octanol–water partition coefficient (Wildman–Crippen LogP) is 1.37. The third-order valence-corrected chi connectivity index (χ3v) is 1.56. The molecule has 13 heavy (non-hydrogen) atoms. The van der Waals surface area contributed by atoms with Crippen molar-refractivity contribution in [3.8, 4) is 0 Å². The van der Waals surface area contributed by atoms with E-state index < -0.39 is 6.09 Å². The van der Waals surface area contributed by atoms with E-state index in [4.69, 9.17) is 5.11 Å². The lowest BCUT2D eigenvalue weighted by Crippen LogP contribution is -2.30. The van der Waals surface area contributed by atoms with Gasteiger partial charge in [0.25, 0.3) is 0 Å². The number of carboxylic acid groups (broad SMARTS) is 1. The number of rotatable bonds is 3. The predicted molar refractivity (Wildman–Crippen MR) is 47.9 cm³/mol. The van der Waals surface area contributed by atoms with Gasteiger partial charge in [-0.3, -0.25) is 4.90 Å². The summed E-state index contributed by atoms with van der Waals surface area (Å²) < 4.78 is 0. The van der Waals surface area contributed by atoms with Crippen LogP contribution >= 0.6 is 0 Å². The van der Waals surface area contributed by atoms with Gasteiger partial charge in [-0.2, -0.15) is 0 Å². The number of benzene rings is 1. The molecule has 0 aliphatic heterocycles. The van der Waals surface area contributed by atoms with Crippen LogP contribution in [-0.4, -0.2) is 24.0 Å². The third-order valence-electron chi connectivity index (χ3n) is 1.56. The van der Waals surface area contributed by atoms with Gasteiger partial charge in [-0.25, -0.2) is 4.79 Å². The minimum Gasteiger partial charge on any atom is -0.465 e. The Morgan fingerprint density at radius 2 is 2.00 bits per heavy atom. The van der Waals surface area contributed by atoms with Crippen LogP contribution in [0.15, 0.2) is 30.3 Å². The van der Waals surface area contributed by atoms with E-state index >= 15 is 0 Å². The molecule has 1 aromatic rings. The molecule has 0 heterocycles. The zero-order valence-electron chi connectivity index (χ0n) is 6.88. The van der Waals surface area contributed by atoms with Gasteiger partial charge in [-0.15, -0.1) is 0 Å². The van der Waals surface area contributed by atoms with Crippen LogP contribution in [0.1, 0.15) is 0 Å². The third kappa shape index (κ3) is 2.30. The first-order valence-corrected chi connectivity index (χ1v) is 3.75. The molecule has 0 unspecified atom stereocenters. The van der Waals surface area contributed by atoms with E-state index in [2.05, 4.69) is 0 Å². The fraction of sp³-hybridized carbons (Fsp3) is 0.111. The Morgan fingerprint density at radius 1 is 1.38 bits per heavy atom. The van der Waals surface area contributed by atoms with E-state index in [0.29, 0.717) is 12.0 Å². The van der Waals surface area contributed by atoms with Gasteiger partial charge in [0.1, 0.15) is 6.29 Å². The lowest BCUT2D eigenvalue weighted by molar-refractivity contribution is -0.106. The summed E-state index contributed by atoms with van der Waals surface area (Å²) in [5, 5.41) is 8.72. The van der Waals surface area contributed by atoms with E-state index in [1.54, 1.807) is 30.3 Å². The summed E-state index contributed by atoms with van der Waals surface area (Å²) in [6.07, 6.45) is -0.570. The Hall–Kier alpha value is -1.84. The lowest BCUT2D eigenvalue weighted by atomic mass is 10.3. The van der Waals surface area contributed by atoms with Gasteiger partial charge >= 0.3 is 6.09 Å². The summed E-state index contributed by atoms with van der Waals surface area (Å²) in [6.45, 7) is -0.140. The fourth-order valence-electron chi connectivity index (χ4n) is 0.976. The molecule has 0 saturated carbocycles. The first kappa shape index (κ1) is 9.25. The molecule has 1 amide bonds. The van der Waals surface area contributed by atoms with Crippen LogP contribution < -0.4 is 4.90 Å². The highest BCUT2D eigenvalue weighted by Crippen LogP contribution is 2.11. The van der Waals surface area contributed by atoms with Gasteiger partial charge < -0.3 is 9.90 Å². The zero-order chi connectivity index (χ0) is 9.68. The van der Waals surface area contributed by atoms with Crippen molar-refractivity contribution in [1.82, 2.24) is 0 Å². The maximum Gasteiger partial charge on any atom is 0.412 e. The number of hydrogen-bond donors (Lipinski definition) is 1. The number of para-hydroxylation sites is 1. The number of nitrogens with zero attached hydrogens (tertiary/aromatic N) is 1. The van der Waals surface area contributed by atoms with Crippen molar-refractivity contribution in [3.05, 3.63) is 30.3 Å². The van der Waals surface area contributed by atoms with Crippen molar-refractivity contribution in [2.24, 2.45) is 0 Å². The van der Waals surface area contributed by atoms with Gasteiger partial charge in [0.15, 0.2) is 0 Å². The average Bonchev–Trinajstić information content (AvgIpc) is 2.15. The second-order valence-corrected chi connectivity index (χ2v) is 2.40. The van der Waals surface area contributed by atoms with Crippen molar-refractivity contribution in [3.63, 3.8) is 0 Å². The lowest BCUT2D eigenvalue weighted by Gasteiger charge is -2.15. The minimum absolute atomic E-state index is 0.140. The minimum atomic E-state index is -1.13. The quantitative estimate of drug-likeness (QED) is 0.713. The molecule has 0 aliphatic carbocycles. The van der Waals surface area contributed by atoms with Crippen molar-refractivity contribution < 1.29 is 14.7 Å². The maximum atomic E-state index is 10.7. The molecule has 0 aromatic heterocycles. The summed E-state index contributed by atoms with van der Waals surface area (Å²) in [4.78, 5) is 21.8. The number of anilines is 1. The average molecular weight is 179 g/mol. The van der Waals surface area contributed by atoms with E-state index in [1.807, 2.05) is 0 Å². The van der Waals surface area contributed by atoms with Crippen LogP contribution in [0.4, 0.5) is 10.5 Å². The molecule has 1 rings (SSSR count). The van der Waals surface area contributed by atoms with Gasteiger partial charge in [0.05, 0.1) is 6.54 Å². The van der Waals surface area contributed by atoms with Gasteiger partial charge in [-0.05, 0) is 12.1 Å². The van der Waals surface area contributed by atoms with E-state index in [9.17, 15) is 9.59 Å². The summed E-state index contributed by atoms with van der Waals surface area (Å²) in [5.74, 6) is 0. The molecule has 0 saturated heterocycles. The highest BCUT2D eigenvalue weighted by atomic mass is 16.4. The van der Waals surface area contributed by atoms with Crippen molar-refractivity contribution in [2.45, 2.75) is 0 Å². The Balaban J connectivity index is 2.88. The first-order valence-electron chi connectivity index (χ1n) is 3.75. The number of hydrogen-bond acceptors (Lipinski definition) is 2. The number of amides is 1. The molecule has 0 bridgehead atoms. The Bertz CT molecular complexity index is 297. The smallest absolute Gasteiger partial charge is 0.412 e. The molecule has 1 N–H and O–H groups in total. The van der Waals surface area contributed by atoms with Crippen molar-refractivity contribution in [2.75, 3.05) is 11.4 Å². The Labute approximate surface area is 75.4 Å². The normalized spacial score (nSPS) is 9.23. The standard InChI is InChI=1S/C9H9NO3/c11-7-6-10(9(12)13)8-4-2-1-3-5-8/h1-5,7H,6H2,(H,12,13). The Morgan fingerprint density at radius 3 is 2.46 bits per heavy atom. The molecule has 0 atom stereocenters. The zero-order valence-corrected chi connectivity index (χ0v) is 6.88. The Kier molecular flexibility index (Phi) is 3.03.